The number of halogens is 1. The Hall–Kier alpha value is -3.25. The Labute approximate surface area is 230 Å². The SMILES string of the molecule is Cc1nn(-c2ccccc2)c(Sc2ccccc2)c1C1CC(c2ccc(Cl)cc2)=Nc2ccccc2S1. The van der Waals surface area contributed by atoms with E-state index in [1.165, 1.54) is 15.4 Å². The minimum absolute atomic E-state index is 0.141. The lowest BCUT2D eigenvalue weighted by Gasteiger charge is -2.18. The summed E-state index contributed by atoms with van der Waals surface area (Å²) in [5.74, 6) is 0. The average molecular weight is 538 g/mol. The van der Waals surface area contributed by atoms with Gasteiger partial charge in [0.25, 0.3) is 0 Å². The fourth-order valence-corrected chi connectivity index (χ4v) is 7.22. The number of benzene rings is 4. The van der Waals surface area contributed by atoms with E-state index in [1.54, 1.807) is 11.8 Å². The van der Waals surface area contributed by atoms with Gasteiger partial charge in [-0.2, -0.15) is 5.10 Å². The molecule has 0 fully saturated rings. The smallest absolute Gasteiger partial charge is 0.109 e. The van der Waals surface area contributed by atoms with Gasteiger partial charge in [0.05, 0.1) is 17.1 Å². The highest BCUT2D eigenvalue weighted by atomic mass is 35.5. The number of aliphatic imine (C=N–C) groups is 1. The van der Waals surface area contributed by atoms with Crippen LogP contribution in [0.4, 0.5) is 5.69 Å². The molecule has 0 saturated heterocycles. The molecule has 1 atom stereocenters. The van der Waals surface area contributed by atoms with Gasteiger partial charge in [0.2, 0.25) is 0 Å². The van der Waals surface area contributed by atoms with Gasteiger partial charge in [-0.15, -0.1) is 11.8 Å². The van der Waals surface area contributed by atoms with E-state index >= 15 is 0 Å². The van der Waals surface area contributed by atoms with Gasteiger partial charge in [-0.1, -0.05) is 84.0 Å². The first-order valence-electron chi connectivity index (χ1n) is 12.1. The molecule has 0 N–H and O–H groups in total. The van der Waals surface area contributed by atoms with Gasteiger partial charge in [-0.05, 0) is 61.0 Å². The molecule has 1 aromatic heterocycles. The molecule has 5 aromatic rings. The molecule has 4 aromatic carbocycles. The molecule has 0 saturated carbocycles. The summed E-state index contributed by atoms with van der Waals surface area (Å²) in [5, 5.41) is 7.08. The van der Waals surface area contributed by atoms with Crippen molar-refractivity contribution >= 4 is 46.5 Å². The van der Waals surface area contributed by atoms with Crippen LogP contribution in [0.1, 0.15) is 28.5 Å². The lowest BCUT2D eigenvalue weighted by atomic mass is 10.0. The Morgan fingerprint density at radius 1 is 0.838 bits per heavy atom. The maximum Gasteiger partial charge on any atom is 0.109 e. The first-order chi connectivity index (χ1) is 18.2. The molecule has 182 valence electrons. The molecule has 37 heavy (non-hydrogen) atoms. The van der Waals surface area contributed by atoms with Gasteiger partial charge >= 0.3 is 0 Å². The number of para-hydroxylation sites is 2. The zero-order valence-corrected chi connectivity index (χ0v) is 22.6. The summed E-state index contributed by atoms with van der Waals surface area (Å²) in [6.07, 6.45) is 0.782. The predicted molar refractivity (Wildman–Crippen MR) is 156 cm³/mol. The van der Waals surface area contributed by atoms with Crippen molar-refractivity contribution in [1.29, 1.82) is 0 Å². The van der Waals surface area contributed by atoms with Crippen LogP contribution in [-0.2, 0) is 0 Å². The van der Waals surface area contributed by atoms with Gasteiger partial charge in [-0.3, -0.25) is 4.99 Å². The fourth-order valence-electron chi connectivity index (χ4n) is 4.53. The van der Waals surface area contributed by atoms with Crippen molar-refractivity contribution in [2.24, 2.45) is 4.99 Å². The van der Waals surface area contributed by atoms with Crippen LogP contribution in [0.2, 0.25) is 5.02 Å². The largest absolute Gasteiger partial charge is 0.252 e. The third-order valence-corrected chi connectivity index (χ3v) is 8.92. The van der Waals surface area contributed by atoms with Crippen LogP contribution in [0.15, 0.2) is 129 Å². The van der Waals surface area contributed by atoms with Crippen molar-refractivity contribution in [3.63, 3.8) is 0 Å². The summed E-state index contributed by atoms with van der Waals surface area (Å²) in [7, 11) is 0. The minimum Gasteiger partial charge on any atom is -0.252 e. The first kappa shape index (κ1) is 24.1. The molecule has 0 spiro atoms. The maximum absolute atomic E-state index is 6.21. The van der Waals surface area contributed by atoms with E-state index in [9.17, 15) is 0 Å². The molecule has 6 heteroatoms. The fraction of sp³-hybridized carbons (Fsp3) is 0.0968. The molecule has 1 unspecified atom stereocenters. The van der Waals surface area contributed by atoms with Crippen LogP contribution in [0.3, 0.4) is 0 Å². The topological polar surface area (TPSA) is 30.2 Å². The Morgan fingerprint density at radius 2 is 1.51 bits per heavy atom. The average Bonchev–Trinajstić information content (AvgIpc) is 3.12. The lowest BCUT2D eigenvalue weighted by Crippen LogP contribution is -2.07. The molecular weight excluding hydrogens is 514 g/mol. The van der Waals surface area contributed by atoms with Gasteiger partial charge in [-0.25, -0.2) is 4.68 Å². The third-order valence-electron chi connectivity index (χ3n) is 6.29. The third kappa shape index (κ3) is 5.12. The summed E-state index contributed by atoms with van der Waals surface area (Å²) in [6.45, 7) is 2.13. The Morgan fingerprint density at radius 3 is 2.27 bits per heavy atom. The predicted octanol–water partition coefficient (Wildman–Crippen LogP) is 9.34. The van der Waals surface area contributed by atoms with E-state index in [2.05, 4.69) is 103 Å². The Bertz CT molecular complexity index is 1560. The molecule has 0 radical (unpaired) electrons. The van der Waals surface area contributed by atoms with Crippen molar-refractivity contribution in [2.75, 3.05) is 0 Å². The number of hydrogen-bond acceptors (Lipinski definition) is 4. The summed E-state index contributed by atoms with van der Waals surface area (Å²) in [4.78, 5) is 7.51. The number of aryl methyl sites for hydroxylation is 1. The van der Waals surface area contributed by atoms with Gasteiger partial charge in [0, 0.05) is 37.8 Å². The van der Waals surface area contributed by atoms with Crippen LogP contribution in [-0.4, -0.2) is 15.5 Å². The number of aromatic nitrogens is 2. The van der Waals surface area contributed by atoms with Crippen molar-refractivity contribution < 1.29 is 0 Å². The number of nitrogens with zero attached hydrogens (tertiary/aromatic N) is 3. The van der Waals surface area contributed by atoms with Crippen LogP contribution in [0.25, 0.3) is 5.69 Å². The highest BCUT2D eigenvalue weighted by molar-refractivity contribution is 8.00. The molecule has 2 heterocycles. The normalized spacial score (nSPS) is 15.1. The standard InChI is InChI=1S/C31H24ClN3S2/c1-21-30(31(36-25-12-6-3-7-13-25)35(34-21)24-10-4-2-5-11-24)29-20-27(22-16-18-23(32)19-17-22)33-26-14-8-9-15-28(26)37-29/h2-19,29H,20H2,1H3. The zero-order valence-electron chi connectivity index (χ0n) is 20.2. The Kier molecular flexibility index (Phi) is 6.92. The van der Waals surface area contributed by atoms with E-state index in [1.807, 2.05) is 30.0 Å². The zero-order chi connectivity index (χ0) is 25.2. The van der Waals surface area contributed by atoms with Crippen LogP contribution in [0, 0.1) is 6.92 Å². The second-order valence-electron chi connectivity index (χ2n) is 8.81. The molecule has 1 aliphatic heterocycles. The summed E-state index contributed by atoms with van der Waals surface area (Å²) < 4.78 is 2.10. The number of thioether (sulfide) groups is 1. The molecular formula is C31H24ClN3S2. The van der Waals surface area contributed by atoms with E-state index in [0.717, 1.165) is 44.8 Å². The van der Waals surface area contributed by atoms with Crippen molar-refractivity contribution in [2.45, 2.75) is 33.4 Å². The van der Waals surface area contributed by atoms with E-state index in [-0.39, 0.29) is 5.25 Å². The summed E-state index contributed by atoms with van der Waals surface area (Å²) in [5.41, 5.74) is 6.50. The van der Waals surface area contributed by atoms with Gasteiger partial charge in [0.1, 0.15) is 5.03 Å². The lowest BCUT2D eigenvalue weighted by molar-refractivity contribution is 0.787. The quantitative estimate of drug-likeness (QED) is 0.224. The molecule has 0 aliphatic carbocycles. The van der Waals surface area contributed by atoms with Gasteiger partial charge < -0.3 is 0 Å². The van der Waals surface area contributed by atoms with Crippen LogP contribution in [0.5, 0.6) is 0 Å². The monoisotopic (exact) mass is 537 g/mol. The van der Waals surface area contributed by atoms with E-state index < -0.39 is 0 Å². The first-order valence-corrected chi connectivity index (χ1v) is 14.2. The van der Waals surface area contributed by atoms with E-state index in [4.69, 9.17) is 21.7 Å². The Balaban J connectivity index is 1.50. The number of fused-ring (bicyclic) bond motifs is 1. The van der Waals surface area contributed by atoms with Crippen molar-refractivity contribution in [3.8, 4) is 5.69 Å². The summed E-state index contributed by atoms with van der Waals surface area (Å²) in [6, 6.07) is 37.3. The van der Waals surface area contributed by atoms with Gasteiger partial charge in [0.15, 0.2) is 0 Å². The number of hydrogen-bond donors (Lipinski definition) is 0. The highest BCUT2D eigenvalue weighted by Crippen LogP contribution is 2.49. The molecule has 0 bridgehead atoms. The van der Waals surface area contributed by atoms with Crippen molar-refractivity contribution in [3.05, 3.63) is 131 Å². The molecule has 6 rings (SSSR count). The highest BCUT2D eigenvalue weighted by Gasteiger charge is 2.29. The number of rotatable bonds is 5. The molecule has 0 amide bonds. The van der Waals surface area contributed by atoms with Crippen molar-refractivity contribution in [1.82, 2.24) is 9.78 Å². The minimum atomic E-state index is 0.141. The second-order valence-corrected chi connectivity index (χ2v) is 11.6. The maximum atomic E-state index is 6.21. The van der Waals surface area contributed by atoms with E-state index in [0.29, 0.717) is 0 Å². The van der Waals surface area contributed by atoms with Crippen LogP contribution >= 0.6 is 35.1 Å². The summed E-state index contributed by atoms with van der Waals surface area (Å²) >= 11 is 9.85. The van der Waals surface area contributed by atoms with Crippen LogP contribution < -0.4 is 0 Å². The molecule has 3 nitrogen and oxygen atoms in total. The molecule has 1 aliphatic rings. The second kappa shape index (κ2) is 10.6.